The van der Waals surface area contributed by atoms with E-state index in [0.29, 0.717) is 13.0 Å². The van der Waals surface area contributed by atoms with Gasteiger partial charge in [0, 0.05) is 24.6 Å². The lowest BCUT2D eigenvalue weighted by atomic mass is 10.0. The van der Waals surface area contributed by atoms with Crippen LogP contribution in [0.3, 0.4) is 0 Å². The number of rotatable bonds is 5. The molecule has 4 nitrogen and oxygen atoms in total. The predicted molar refractivity (Wildman–Crippen MR) is 126 cm³/mol. The summed E-state index contributed by atoms with van der Waals surface area (Å²) in [5.74, 6) is 1.23. The third kappa shape index (κ3) is 3.52. The first kappa shape index (κ1) is 19.6. The van der Waals surface area contributed by atoms with Gasteiger partial charge >= 0.3 is 0 Å². The Hall–Kier alpha value is -3.40. The first-order chi connectivity index (χ1) is 15.2. The monoisotopic (exact) mass is 409 g/mol. The van der Waals surface area contributed by atoms with E-state index < -0.39 is 0 Å². The fraction of sp³-hybridized carbons (Fsp3) is 0.259. The molecule has 5 rings (SSSR count). The maximum absolute atomic E-state index is 13.0. The van der Waals surface area contributed by atoms with Gasteiger partial charge < -0.3 is 9.47 Å². The van der Waals surface area contributed by atoms with Gasteiger partial charge in [0.15, 0.2) is 0 Å². The van der Waals surface area contributed by atoms with Crippen LogP contribution in [0.15, 0.2) is 78.9 Å². The summed E-state index contributed by atoms with van der Waals surface area (Å²) in [5, 5.41) is 0. The van der Waals surface area contributed by atoms with E-state index in [4.69, 9.17) is 4.98 Å². The summed E-state index contributed by atoms with van der Waals surface area (Å²) in [4.78, 5) is 19.9. The van der Waals surface area contributed by atoms with E-state index in [1.807, 2.05) is 17.0 Å². The third-order valence-corrected chi connectivity index (χ3v) is 6.44. The standard InChI is InChI=1S/C27H27N3O/c1-3-20-13-15-23(16-14-20)29-18-22(17-26(29)31)27-28-24-11-7-8-12-25(24)30(27)19(2)21-9-5-4-6-10-21/h4-16,19,22H,3,17-18H2,1-2H3. The minimum atomic E-state index is 0.0666. The maximum atomic E-state index is 13.0. The number of aromatic nitrogens is 2. The molecule has 1 saturated heterocycles. The van der Waals surface area contributed by atoms with E-state index in [0.717, 1.165) is 29.0 Å². The Balaban J connectivity index is 1.53. The van der Waals surface area contributed by atoms with E-state index in [1.54, 1.807) is 0 Å². The van der Waals surface area contributed by atoms with Crippen LogP contribution in [0.25, 0.3) is 11.0 Å². The molecule has 0 spiro atoms. The van der Waals surface area contributed by atoms with Gasteiger partial charge in [-0.1, -0.05) is 61.5 Å². The average molecular weight is 410 g/mol. The highest BCUT2D eigenvalue weighted by Gasteiger charge is 2.35. The highest BCUT2D eigenvalue weighted by Crippen LogP contribution is 2.36. The van der Waals surface area contributed by atoms with Crippen molar-refractivity contribution in [2.45, 2.75) is 38.6 Å². The van der Waals surface area contributed by atoms with Crippen LogP contribution in [0.4, 0.5) is 5.69 Å². The van der Waals surface area contributed by atoms with Crippen molar-refractivity contribution >= 4 is 22.6 Å². The number of para-hydroxylation sites is 2. The second kappa shape index (κ2) is 8.03. The molecule has 0 saturated carbocycles. The molecule has 0 bridgehead atoms. The fourth-order valence-electron chi connectivity index (χ4n) is 4.68. The molecule has 1 amide bonds. The SMILES string of the molecule is CCc1ccc(N2CC(c3nc4ccccc4n3C(C)c3ccccc3)CC2=O)cc1. The molecule has 0 radical (unpaired) electrons. The lowest BCUT2D eigenvalue weighted by Crippen LogP contribution is -2.24. The van der Waals surface area contributed by atoms with Gasteiger partial charge in [-0.3, -0.25) is 4.79 Å². The van der Waals surface area contributed by atoms with Gasteiger partial charge in [0.25, 0.3) is 0 Å². The first-order valence-corrected chi connectivity index (χ1v) is 11.1. The van der Waals surface area contributed by atoms with Crippen molar-refractivity contribution in [2.75, 3.05) is 11.4 Å². The van der Waals surface area contributed by atoms with Gasteiger partial charge in [-0.15, -0.1) is 0 Å². The number of anilines is 1. The number of hydrogen-bond acceptors (Lipinski definition) is 2. The first-order valence-electron chi connectivity index (χ1n) is 11.1. The number of hydrogen-bond donors (Lipinski definition) is 0. The molecule has 4 heteroatoms. The molecule has 1 fully saturated rings. The Morgan fingerprint density at radius 2 is 1.68 bits per heavy atom. The highest BCUT2D eigenvalue weighted by atomic mass is 16.2. The molecule has 1 aliphatic heterocycles. The number of benzene rings is 3. The molecule has 0 aliphatic carbocycles. The maximum Gasteiger partial charge on any atom is 0.227 e. The Morgan fingerprint density at radius 3 is 2.42 bits per heavy atom. The quantitative estimate of drug-likeness (QED) is 0.422. The number of imidazole rings is 1. The molecule has 156 valence electrons. The van der Waals surface area contributed by atoms with Crippen molar-refractivity contribution < 1.29 is 4.79 Å². The summed E-state index contributed by atoms with van der Waals surface area (Å²) in [6.07, 6.45) is 1.48. The molecule has 4 aromatic rings. The second-order valence-corrected chi connectivity index (χ2v) is 8.34. The Bertz CT molecular complexity index is 1210. The number of amides is 1. The molecule has 2 heterocycles. The van der Waals surface area contributed by atoms with Crippen LogP contribution < -0.4 is 4.90 Å². The van der Waals surface area contributed by atoms with Crippen molar-refractivity contribution in [1.29, 1.82) is 0 Å². The fourth-order valence-corrected chi connectivity index (χ4v) is 4.68. The van der Waals surface area contributed by atoms with E-state index >= 15 is 0 Å². The van der Waals surface area contributed by atoms with Gasteiger partial charge in [0.1, 0.15) is 5.82 Å². The third-order valence-electron chi connectivity index (χ3n) is 6.44. The average Bonchev–Trinajstić information content (AvgIpc) is 3.40. The van der Waals surface area contributed by atoms with Gasteiger partial charge in [0.2, 0.25) is 5.91 Å². The Labute approximate surface area is 183 Å². The van der Waals surface area contributed by atoms with Crippen molar-refractivity contribution in [3.8, 4) is 0 Å². The van der Waals surface area contributed by atoms with E-state index in [2.05, 4.69) is 85.1 Å². The summed E-state index contributed by atoms with van der Waals surface area (Å²) in [6, 6.07) is 27.3. The number of carbonyl (C=O) groups excluding carboxylic acids is 1. The van der Waals surface area contributed by atoms with Crippen LogP contribution in [0.5, 0.6) is 0 Å². The Morgan fingerprint density at radius 1 is 0.968 bits per heavy atom. The zero-order valence-electron chi connectivity index (χ0n) is 18.0. The number of fused-ring (bicyclic) bond motifs is 1. The molecule has 3 aromatic carbocycles. The summed E-state index contributed by atoms with van der Waals surface area (Å²) in [6.45, 7) is 5.02. The number of carbonyl (C=O) groups is 1. The van der Waals surface area contributed by atoms with Crippen LogP contribution in [-0.2, 0) is 11.2 Å². The number of aryl methyl sites for hydroxylation is 1. The molecule has 2 atom stereocenters. The van der Waals surface area contributed by atoms with Crippen LogP contribution in [0.2, 0.25) is 0 Å². The molecule has 2 unspecified atom stereocenters. The van der Waals surface area contributed by atoms with E-state index in [9.17, 15) is 4.79 Å². The lowest BCUT2D eigenvalue weighted by molar-refractivity contribution is -0.117. The Kier molecular flexibility index (Phi) is 5.06. The normalized spacial score (nSPS) is 17.4. The molecular formula is C27H27N3O. The van der Waals surface area contributed by atoms with Gasteiger partial charge in [-0.2, -0.15) is 0 Å². The minimum absolute atomic E-state index is 0.0666. The van der Waals surface area contributed by atoms with E-state index in [1.165, 1.54) is 11.1 Å². The van der Waals surface area contributed by atoms with Gasteiger partial charge in [-0.25, -0.2) is 4.98 Å². The van der Waals surface area contributed by atoms with Crippen LogP contribution in [0, 0.1) is 0 Å². The molecule has 0 N–H and O–H groups in total. The van der Waals surface area contributed by atoms with E-state index in [-0.39, 0.29) is 17.9 Å². The second-order valence-electron chi connectivity index (χ2n) is 8.34. The van der Waals surface area contributed by atoms with Crippen LogP contribution in [0.1, 0.15) is 49.2 Å². The molecular weight excluding hydrogens is 382 g/mol. The molecule has 1 aliphatic rings. The van der Waals surface area contributed by atoms with Crippen molar-refractivity contribution in [3.63, 3.8) is 0 Å². The highest BCUT2D eigenvalue weighted by molar-refractivity contribution is 5.96. The van der Waals surface area contributed by atoms with Crippen molar-refractivity contribution in [2.24, 2.45) is 0 Å². The smallest absolute Gasteiger partial charge is 0.227 e. The van der Waals surface area contributed by atoms with Crippen LogP contribution in [-0.4, -0.2) is 22.0 Å². The molecule has 31 heavy (non-hydrogen) atoms. The predicted octanol–water partition coefficient (Wildman–Crippen LogP) is 5.73. The van der Waals surface area contributed by atoms with Crippen molar-refractivity contribution in [3.05, 3.63) is 95.8 Å². The summed E-state index contributed by atoms with van der Waals surface area (Å²) in [5.41, 5.74) is 5.60. The van der Waals surface area contributed by atoms with Crippen LogP contribution >= 0.6 is 0 Å². The summed E-state index contributed by atoms with van der Waals surface area (Å²) >= 11 is 0. The summed E-state index contributed by atoms with van der Waals surface area (Å²) < 4.78 is 2.33. The molecule has 1 aromatic heterocycles. The largest absolute Gasteiger partial charge is 0.320 e. The number of nitrogens with zero attached hydrogens (tertiary/aromatic N) is 3. The van der Waals surface area contributed by atoms with Gasteiger partial charge in [0.05, 0.1) is 17.1 Å². The topological polar surface area (TPSA) is 38.1 Å². The lowest BCUT2D eigenvalue weighted by Gasteiger charge is -2.21. The van der Waals surface area contributed by atoms with Gasteiger partial charge in [-0.05, 0) is 48.7 Å². The summed E-state index contributed by atoms with van der Waals surface area (Å²) in [7, 11) is 0. The minimum Gasteiger partial charge on any atom is -0.320 e. The zero-order chi connectivity index (χ0) is 21.4. The van der Waals surface area contributed by atoms with Crippen molar-refractivity contribution in [1.82, 2.24) is 9.55 Å². The zero-order valence-corrected chi connectivity index (χ0v) is 18.0.